The molecule has 0 unspecified atom stereocenters. The number of nitrogens with zero attached hydrogens (tertiary/aromatic N) is 1. The normalized spacial score (nSPS) is 28.9. The fourth-order valence-corrected chi connectivity index (χ4v) is 5.32. The number of β-amino-alcohol motifs (C(OH)–C–C–N with tert-alkyl or cyclic N) is 1. The minimum atomic E-state index is -0.935. The van der Waals surface area contributed by atoms with Gasteiger partial charge in [-0.2, -0.15) is 0 Å². The number of furan rings is 1. The first kappa shape index (κ1) is 21.4. The molecule has 1 aliphatic heterocycles. The Hall–Kier alpha value is -2.83. The SMILES string of the molecule is C=CCN1CC[C@@]2(c3cccc(O)c3)C[C@H](NC(=O)C=Cc3ccoc3)CC[C@]2(O)C1. The van der Waals surface area contributed by atoms with E-state index in [1.54, 1.807) is 36.8 Å². The minimum absolute atomic E-state index is 0.0601. The monoisotopic (exact) mass is 422 g/mol. The average Bonchev–Trinajstić information content (AvgIpc) is 3.26. The lowest BCUT2D eigenvalue weighted by atomic mass is 9.55. The largest absolute Gasteiger partial charge is 0.508 e. The standard InChI is InChI=1S/C25H30N2O4/c1-2-12-27-13-11-24(20-4-3-5-22(28)15-20)16-21(8-10-25(24,30)18-27)26-23(29)7-6-19-9-14-31-17-19/h2-7,9,14-15,17,21,28,30H,1,8,10-13,16,18H2,(H,26,29)/t21-,24+,25+/m1/s1. The van der Waals surface area contributed by atoms with Crippen molar-refractivity contribution in [3.8, 4) is 5.75 Å². The molecular formula is C25H30N2O4. The summed E-state index contributed by atoms with van der Waals surface area (Å²) < 4.78 is 5.02. The Bertz CT molecular complexity index is 954. The topological polar surface area (TPSA) is 85.9 Å². The molecule has 1 aromatic heterocycles. The Morgan fingerprint density at radius 1 is 1.35 bits per heavy atom. The second-order valence-electron chi connectivity index (χ2n) is 8.78. The van der Waals surface area contributed by atoms with E-state index >= 15 is 0 Å². The number of phenols is 1. The van der Waals surface area contributed by atoms with Crippen LogP contribution in [0.15, 0.2) is 66.0 Å². The molecule has 1 saturated carbocycles. The summed E-state index contributed by atoms with van der Waals surface area (Å²) in [6.45, 7) is 5.94. The van der Waals surface area contributed by atoms with Gasteiger partial charge in [0.05, 0.1) is 18.1 Å². The smallest absolute Gasteiger partial charge is 0.244 e. The first-order valence-electron chi connectivity index (χ1n) is 10.8. The number of benzene rings is 1. The number of amides is 1. The highest BCUT2D eigenvalue weighted by atomic mass is 16.3. The Labute approximate surface area is 182 Å². The van der Waals surface area contributed by atoms with Crippen molar-refractivity contribution in [1.29, 1.82) is 0 Å². The highest BCUT2D eigenvalue weighted by Crippen LogP contribution is 2.52. The molecule has 0 radical (unpaired) electrons. The zero-order valence-electron chi connectivity index (χ0n) is 17.7. The van der Waals surface area contributed by atoms with E-state index in [2.05, 4.69) is 16.8 Å². The summed E-state index contributed by atoms with van der Waals surface area (Å²) in [5.74, 6) is 0.0312. The van der Waals surface area contributed by atoms with Gasteiger partial charge in [-0.05, 0) is 62.1 Å². The average molecular weight is 423 g/mol. The van der Waals surface area contributed by atoms with Gasteiger partial charge in [0.2, 0.25) is 5.91 Å². The first-order valence-corrected chi connectivity index (χ1v) is 10.8. The molecule has 2 fully saturated rings. The molecule has 4 rings (SSSR count). The Morgan fingerprint density at radius 2 is 2.23 bits per heavy atom. The molecule has 3 atom stereocenters. The van der Waals surface area contributed by atoms with E-state index in [1.807, 2.05) is 18.2 Å². The number of hydrogen-bond acceptors (Lipinski definition) is 5. The molecule has 0 spiro atoms. The van der Waals surface area contributed by atoms with Crippen LogP contribution in [0.2, 0.25) is 0 Å². The van der Waals surface area contributed by atoms with E-state index < -0.39 is 11.0 Å². The predicted octanol–water partition coefficient (Wildman–Crippen LogP) is 3.23. The van der Waals surface area contributed by atoms with Crippen molar-refractivity contribution >= 4 is 12.0 Å². The van der Waals surface area contributed by atoms with E-state index in [0.717, 1.165) is 30.6 Å². The number of hydrogen-bond donors (Lipinski definition) is 3. The summed E-state index contributed by atoms with van der Waals surface area (Å²) in [7, 11) is 0. The van der Waals surface area contributed by atoms with E-state index in [0.29, 0.717) is 25.8 Å². The van der Waals surface area contributed by atoms with Crippen molar-refractivity contribution in [2.45, 2.75) is 42.7 Å². The molecule has 3 N–H and O–H groups in total. The van der Waals surface area contributed by atoms with Gasteiger partial charge in [-0.1, -0.05) is 18.2 Å². The van der Waals surface area contributed by atoms with Crippen LogP contribution in [-0.4, -0.2) is 52.3 Å². The minimum Gasteiger partial charge on any atom is -0.508 e. The second kappa shape index (κ2) is 8.73. The molecule has 6 nitrogen and oxygen atoms in total. The van der Waals surface area contributed by atoms with Crippen molar-refractivity contribution in [2.24, 2.45) is 0 Å². The summed E-state index contributed by atoms with van der Waals surface area (Å²) in [6.07, 6.45) is 10.9. The highest BCUT2D eigenvalue weighted by molar-refractivity contribution is 5.91. The maximum atomic E-state index is 12.5. The molecule has 6 heteroatoms. The van der Waals surface area contributed by atoms with Gasteiger partial charge >= 0.3 is 0 Å². The lowest BCUT2D eigenvalue weighted by Gasteiger charge is -2.58. The molecule has 1 amide bonds. The number of phenolic OH excluding ortho intramolecular Hbond substituents is 1. The van der Waals surface area contributed by atoms with Crippen LogP contribution < -0.4 is 5.32 Å². The van der Waals surface area contributed by atoms with Gasteiger partial charge in [0.25, 0.3) is 0 Å². The van der Waals surface area contributed by atoms with Crippen molar-refractivity contribution < 1.29 is 19.4 Å². The number of fused-ring (bicyclic) bond motifs is 1. The number of aliphatic hydroxyl groups is 1. The Morgan fingerprint density at radius 3 is 2.97 bits per heavy atom. The van der Waals surface area contributed by atoms with Crippen LogP contribution in [0.1, 0.15) is 36.8 Å². The van der Waals surface area contributed by atoms with Gasteiger partial charge in [0, 0.05) is 36.2 Å². The fourth-order valence-electron chi connectivity index (χ4n) is 5.32. The van der Waals surface area contributed by atoms with E-state index in [1.165, 1.54) is 6.08 Å². The molecule has 1 saturated heterocycles. The van der Waals surface area contributed by atoms with Crippen LogP contribution in [-0.2, 0) is 10.2 Å². The molecule has 164 valence electrons. The highest BCUT2D eigenvalue weighted by Gasteiger charge is 2.57. The van der Waals surface area contributed by atoms with Gasteiger partial charge in [-0.3, -0.25) is 9.69 Å². The van der Waals surface area contributed by atoms with E-state index in [-0.39, 0.29) is 17.7 Å². The molecule has 2 aliphatic rings. The zero-order chi connectivity index (χ0) is 21.9. The number of piperidine rings is 1. The van der Waals surface area contributed by atoms with Crippen LogP contribution >= 0.6 is 0 Å². The van der Waals surface area contributed by atoms with Crippen molar-refractivity contribution in [3.05, 3.63) is 72.7 Å². The molecule has 2 aromatic rings. The van der Waals surface area contributed by atoms with E-state index in [4.69, 9.17) is 4.42 Å². The van der Waals surface area contributed by atoms with Crippen LogP contribution in [0.3, 0.4) is 0 Å². The zero-order valence-corrected chi connectivity index (χ0v) is 17.7. The molecule has 1 aromatic carbocycles. The number of carbonyl (C=O) groups is 1. The number of carbonyl (C=O) groups excluding carboxylic acids is 1. The van der Waals surface area contributed by atoms with Gasteiger partial charge < -0.3 is 19.9 Å². The number of nitrogens with one attached hydrogen (secondary N) is 1. The molecule has 31 heavy (non-hydrogen) atoms. The number of aromatic hydroxyl groups is 1. The van der Waals surface area contributed by atoms with Crippen molar-refractivity contribution in [2.75, 3.05) is 19.6 Å². The Kier molecular flexibility index (Phi) is 6.03. The second-order valence-corrected chi connectivity index (χ2v) is 8.78. The Balaban J connectivity index is 1.57. The van der Waals surface area contributed by atoms with Crippen LogP contribution in [0.4, 0.5) is 0 Å². The van der Waals surface area contributed by atoms with Crippen LogP contribution in [0.25, 0.3) is 6.08 Å². The summed E-state index contributed by atoms with van der Waals surface area (Å²) in [4.78, 5) is 14.8. The molecular weight excluding hydrogens is 392 g/mol. The first-order chi connectivity index (χ1) is 14.9. The quantitative estimate of drug-likeness (QED) is 0.492. The van der Waals surface area contributed by atoms with Crippen LogP contribution in [0, 0.1) is 0 Å². The van der Waals surface area contributed by atoms with E-state index in [9.17, 15) is 15.0 Å². The van der Waals surface area contributed by atoms with Crippen LogP contribution in [0.5, 0.6) is 5.75 Å². The third-order valence-corrected chi connectivity index (χ3v) is 6.83. The van der Waals surface area contributed by atoms with Crippen molar-refractivity contribution in [1.82, 2.24) is 10.2 Å². The number of rotatable bonds is 6. The van der Waals surface area contributed by atoms with Gasteiger partial charge in [0.15, 0.2) is 0 Å². The lowest BCUT2D eigenvalue weighted by Crippen LogP contribution is -2.67. The molecule has 0 bridgehead atoms. The number of likely N-dealkylation sites (tertiary alicyclic amines) is 1. The summed E-state index contributed by atoms with van der Waals surface area (Å²) in [6, 6.07) is 8.95. The maximum absolute atomic E-state index is 12.5. The maximum Gasteiger partial charge on any atom is 0.244 e. The van der Waals surface area contributed by atoms with Gasteiger partial charge in [0.1, 0.15) is 5.75 Å². The summed E-state index contributed by atoms with van der Waals surface area (Å²) in [5.41, 5.74) is 0.296. The predicted molar refractivity (Wildman–Crippen MR) is 120 cm³/mol. The lowest BCUT2D eigenvalue weighted by molar-refractivity contribution is -0.130. The molecule has 1 aliphatic carbocycles. The summed E-state index contributed by atoms with van der Waals surface area (Å²) in [5, 5.41) is 25.1. The third kappa shape index (κ3) is 4.31. The summed E-state index contributed by atoms with van der Waals surface area (Å²) >= 11 is 0. The van der Waals surface area contributed by atoms with Gasteiger partial charge in [-0.15, -0.1) is 6.58 Å². The van der Waals surface area contributed by atoms with Crippen molar-refractivity contribution in [3.63, 3.8) is 0 Å². The molecule has 2 heterocycles. The fraction of sp³-hybridized carbons (Fsp3) is 0.400. The third-order valence-electron chi connectivity index (χ3n) is 6.83. The van der Waals surface area contributed by atoms with Gasteiger partial charge in [-0.25, -0.2) is 0 Å².